The van der Waals surface area contributed by atoms with Crippen LogP contribution in [0.2, 0.25) is 0 Å². The van der Waals surface area contributed by atoms with Gasteiger partial charge in [0.25, 0.3) is 0 Å². The standard InChI is InChI=1S/C16H19FN4/c1-4-18-15-10(2)16(20-11(3)19-15)21-8-7-12-5-6-13(17)9-14(12)21/h5-6,9H,4,7-8H2,1-3H3,(H,18,19,20). The van der Waals surface area contributed by atoms with Crippen molar-refractivity contribution in [2.75, 3.05) is 23.3 Å². The van der Waals surface area contributed by atoms with Crippen LogP contribution < -0.4 is 10.2 Å². The summed E-state index contributed by atoms with van der Waals surface area (Å²) in [5.74, 6) is 2.22. The van der Waals surface area contributed by atoms with E-state index in [4.69, 9.17) is 0 Å². The van der Waals surface area contributed by atoms with Crippen molar-refractivity contribution in [3.8, 4) is 0 Å². The molecule has 0 aliphatic carbocycles. The van der Waals surface area contributed by atoms with Gasteiger partial charge in [-0.1, -0.05) is 6.07 Å². The normalized spacial score (nSPS) is 13.4. The van der Waals surface area contributed by atoms with Gasteiger partial charge in [-0.2, -0.15) is 0 Å². The minimum Gasteiger partial charge on any atom is -0.370 e. The Hall–Kier alpha value is -2.17. The van der Waals surface area contributed by atoms with Crippen LogP contribution in [0.5, 0.6) is 0 Å². The minimum absolute atomic E-state index is 0.212. The van der Waals surface area contributed by atoms with E-state index in [-0.39, 0.29) is 5.82 Å². The summed E-state index contributed by atoms with van der Waals surface area (Å²) in [6, 6.07) is 4.97. The van der Waals surface area contributed by atoms with Gasteiger partial charge >= 0.3 is 0 Å². The Morgan fingerprint density at radius 3 is 2.86 bits per heavy atom. The number of nitrogens with zero attached hydrogens (tertiary/aromatic N) is 3. The molecule has 0 unspecified atom stereocenters. The molecule has 0 atom stereocenters. The molecule has 3 rings (SSSR count). The highest BCUT2D eigenvalue weighted by molar-refractivity contribution is 5.72. The van der Waals surface area contributed by atoms with E-state index < -0.39 is 0 Å². The van der Waals surface area contributed by atoms with Crippen LogP contribution in [0.15, 0.2) is 18.2 Å². The molecule has 2 heterocycles. The van der Waals surface area contributed by atoms with Gasteiger partial charge in [-0.3, -0.25) is 0 Å². The topological polar surface area (TPSA) is 41.1 Å². The monoisotopic (exact) mass is 286 g/mol. The molecule has 1 aromatic heterocycles. The maximum atomic E-state index is 13.6. The summed E-state index contributed by atoms with van der Waals surface area (Å²) in [5.41, 5.74) is 3.08. The molecule has 2 aromatic rings. The summed E-state index contributed by atoms with van der Waals surface area (Å²) in [4.78, 5) is 11.1. The molecule has 1 aliphatic rings. The first kappa shape index (κ1) is 13.8. The lowest BCUT2D eigenvalue weighted by Gasteiger charge is -2.22. The van der Waals surface area contributed by atoms with E-state index in [0.29, 0.717) is 0 Å². The van der Waals surface area contributed by atoms with Crippen molar-refractivity contribution >= 4 is 17.3 Å². The van der Waals surface area contributed by atoms with Crippen molar-refractivity contribution in [1.29, 1.82) is 0 Å². The van der Waals surface area contributed by atoms with Crippen molar-refractivity contribution in [3.05, 3.63) is 41.0 Å². The van der Waals surface area contributed by atoms with Gasteiger partial charge < -0.3 is 10.2 Å². The number of hydrogen-bond donors (Lipinski definition) is 1. The Bertz CT molecular complexity index is 684. The van der Waals surface area contributed by atoms with E-state index in [1.165, 1.54) is 6.07 Å². The molecule has 4 nitrogen and oxygen atoms in total. The van der Waals surface area contributed by atoms with Gasteiger partial charge in [0.1, 0.15) is 23.3 Å². The summed E-state index contributed by atoms with van der Waals surface area (Å²) in [6.45, 7) is 7.55. The third-order valence-electron chi connectivity index (χ3n) is 3.77. The molecular formula is C16H19FN4. The van der Waals surface area contributed by atoms with Gasteiger partial charge in [-0.05, 0) is 44.9 Å². The predicted molar refractivity (Wildman–Crippen MR) is 82.8 cm³/mol. The molecule has 1 aromatic carbocycles. The van der Waals surface area contributed by atoms with Gasteiger partial charge in [-0.15, -0.1) is 0 Å². The van der Waals surface area contributed by atoms with Crippen LogP contribution >= 0.6 is 0 Å². The Labute approximate surface area is 124 Å². The number of benzene rings is 1. The molecule has 0 radical (unpaired) electrons. The highest BCUT2D eigenvalue weighted by atomic mass is 19.1. The fourth-order valence-electron chi connectivity index (χ4n) is 2.79. The molecule has 0 bridgehead atoms. The number of hydrogen-bond acceptors (Lipinski definition) is 4. The van der Waals surface area contributed by atoms with Crippen LogP contribution in [-0.2, 0) is 6.42 Å². The molecule has 0 saturated carbocycles. The van der Waals surface area contributed by atoms with Crippen LogP contribution in [0.3, 0.4) is 0 Å². The molecule has 0 saturated heterocycles. The molecule has 110 valence electrons. The van der Waals surface area contributed by atoms with E-state index >= 15 is 0 Å². The zero-order chi connectivity index (χ0) is 15.0. The van der Waals surface area contributed by atoms with Crippen LogP contribution in [0.1, 0.15) is 23.9 Å². The zero-order valence-corrected chi connectivity index (χ0v) is 12.6. The molecule has 0 amide bonds. The fraction of sp³-hybridized carbons (Fsp3) is 0.375. The number of halogens is 1. The van der Waals surface area contributed by atoms with Crippen LogP contribution in [0.25, 0.3) is 0 Å². The van der Waals surface area contributed by atoms with Crippen molar-refractivity contribution in [1.82, 2.24) is 9.97 Å². The van der Waals surface area contributed by atoms with Gasteiger partial charge in [-0.25, -0.2) is 14.4 Å². The first-order chi connectivity index (χ1) is 10.1. The molecule has 0 spiro atoms. The third kappa shape index (κ3) is 2.44. The van der Waals surface area contributed by atoms with Crippen LogP contribution in [-0.4, -0.2) is 23.1 Å². The van der Waals surface area contributed by atoms with Gasteiger partial charge in [0.05, 0.1) is 0 Å². The summed E-state index contributed by atoms with van der Waals surface area (Å²) in [5, 5.41) is 3.26. The van der Waals surface area contributed by atoms with Gasteiger partial charge in [0.2, 0.25) is 0 Å². The largest absolute Gasteiger partial charge is 0.370 e. The second-order valence-corrected chi connectivity index (χ2v) is 5.27. The highest BCUT2D eigenvalue weighted by Crippen LogP contribution is 2.36. The number of aryl methyl sites for hydroxylation is 1. The van der Waals surface area contributed by atoms with E-state index in [1.807, 2.05) is 26.8 Å². The average molecular weight is 286 g/mol. The number of aromatic nitrogens is 2. The molecule has 0 fully saturated rings. The van der Waals surface area contributed by atoms with Gasteiger partial charge in [0, 0.05) is 24.3 Å². The lowest BCUT2D eigenvalue weighted by molar-refractivity contribution is 0.628. The summed E-state index contributed by atoms with van der Waals surface area (Å²) in [7, 11) is 0. The molecule has 1 aliphatic heterocycles. The first-order valence-corrected chi connectivity index (χ1v) is 7.25. The van der Waals surface area contributed by atoms with Crippen molar-refractivity contribution in [2.24, 2.45) is 0 Å². The van der Waals surface area contributed by atoms with Crippen molar-refractivity contribution in [3.63, 3.8) is 0 Å². The van der Waals surface area contributed by atoms with Crippen LogP contribution in [0.4, 0.5) is 21.7 Å². The fourth-order valence-corrected chi connectivity index (χ4v) is 2.79. The number of anilines is 3. The molecular weight excluding hydrogens is 267 g/mol. The molecule has 21 heavy (non-hydrogen) atoms. The SMILES string of the molecule is CCNc1nc(C)nc(N2CCc3ccc(F)cc32)c1C. The smallest absolute Gasteiger partial charge is 0.141 e. The highest BCUT2D eigenvalue weighted by Gasteiger charge is 2.24. The van der Waals surface area contributed by atoms with E-state index in [2.05, 4.69) is 20.2 Å². The number of nitrogens with one attached hydrogen (secondary N) is 1. The summed E-state index contributed by atoms with van der Waals surface area (Å²) in [6.07, 6.45) is 0.911. The molecule has 1 N–H and O–H groups in total. The molecule has 5 heteroatoms. The third-order valence-corrected chi connectivity index (χ3v) is 3.77. The number of fused-ring (bicyclic) bond motifs is 1. The van der Waals surface area contributed by atoms with E-state index in [0.717, 1.165) is 53.8 Å². The second-order valence-electron chi connectivity index (χ2n) is 5.27. The Balaban J connectivity index is 2.09. The van der Waals surface area contributed by atoms with E-state index in [1.54, 1.807) is 6.07 Å². The lowest BCUT2D eigenvalue weighted by atomic mass is 10.1. The quantitative estimate of drug-likeness (QED) is 0.939. The second kappa shape index (κ2) is 5.31. The summed E-state index contributed by atoms with van der Waals surface area (Å²) < 4.78 is 13.6. The van der Waals surface area contributed by atoms with Crippen molar-refractivity contribution in [2.45, 2.75) is 27.2 Å². The average Bonchev–Trinajstić information content (AvgIpc) is 2.85. The maximum absolute atomic E-state index is 13.6. The lowest BCUT2D eigenvalue weighted by Crippen LogP contribution is -2.18. The summed E-state index contributed by atoms with van der Waals surface area (Å²) >= 11 is 0. The maximum Gasteiger partial charge on any atom is 0.141 e. The Kier molecular flexibility index (Phi) is 3.49. The zero-order valence-electron chi connectivity index (χ0n) is 12.6. The Morgan fingerprint density at radius 2 is 2.10 bits per heavy atom. The van der Waals surface area contributed by atoms with E-state index in [9.17, 15) is 4.39 Å². The Morgan fingerprint density at radius 1 is 1.29 bits per heavy atom. The van der Waals surface area contributed by atoms with Gasteiger partial charge in [0.15, 0.2) is 0 Å². The minimum atomic E-state index is -0.212. The first-order valence-electron chi connectivity index (χ1n) is 7.25. The van der Waals surface area contributed by atoms with Crippen LogP contribution in [0, 0.1) is 19.7 Å². The number of rotatable bonds is 3. The van der Waals surface area contributed by atoms with Crippen molar-refractivity contribution < 1.29 is 4.39 Å². The predicted octanol–water partition coefficient (Wildman–Crippen LogP) is 3.36.